The normalized spacial score (nSPS) is 20.9. The first-order valence-electron chi connectivity index (χ1n) is 8.41. The van der Waals surface area contributed by atoms with E-state index in [1.54, 1.807) is 31.3 Å². The van der Waals surface area contributed by atoms with Crippen LogP contribution in [0.4, 0.5) is 0 Å². The molecule has 1 aliphatic carbocycles. The van der Waals surface area contributed by atoms with E-state index < -0.39 is 14.8 Å². The summed E-state index contributed by atoms with van der Waals surface area (Å²) < 4.78 is 27.3. The van der Waals surface area contributed by atoms with Crippen molar-refractivity contribution in [3.8, 4) is 0 Å². The molecule has 0 spiro atoms. The second-order valence-corrected chi connectivity index (χ2v) is 9.46. The fourth-order valence-corrected chi connectivity index (χ4v) is 5.12. The Morgan fingerprint density at radius 1 is 1.24 bits per heavy atom. The van der Waals surface area contributed by atoms with Crippen molar-refractivity contribution in [2.45, 2.75) is 38.9 Å². The third-order valence-corrected chi connectivity index (χ3v) is 7.28. The van der Waals surface area contributed by atoms with Crippen molar-refractivity contribution in [2.24, 2.45) is 5.92 Å². The minimum Gasteiger partial charge on any atom is -0.298 e. The SMILES string of the molecule is Cc1ccc(C=O)c2ccn(S(=O)(=O)C3(C)C=C(C(C)C)C=CC3)c12. The summed E-state index contributed by atoms with van der Waals surface area (Å²) in [4.78, 5) is 11.3. The molecule has 0 fully saturated rings. The lowest BCUT2D eigenvalue weighted by atomic mass is 9.91. The van der Waals surface area contributed by atoms with Crippen LogP contribution in [0.1, 0.15) is 43.1 Å². The fourth-order valence-electron chi connectivity index (χ4n) is 3.37. The lowest BCUT2D eigenvalue weighted by Crippen LogP contribution is -2.38. The Labute approximate surface area is 148 Å². The van der Waals surface area contributed by atoms with Crippen LogP contribution in [0.3, 0.4) is 0 Å². The van der Waals surface area contributed by atoms with Crippen molar-refractivity contribution < 1.29 is 13.2 Å². The van der Waals surface area contributed by atoms with Crippen LogP contribution in [-0.4, -0.2) is 23.4 Å². The second-order valence-electron chi connectivity index (χ2n) is 7.19. The highest BCUT2D eigenvalue weighted by Gasteiger charge is 2.40. The molecule has 0 amide bonds. The monoisotopic (exact) mass is 357 g/mol. The molecule has 4 nitrogen and oxygen atoms in total. The van der Waals surface area contributed by atoms with Gasteiger partial charge in [0, 0.05) is 17.1 Å². The van der Waals surface area contributed by atoms with Crippen LogP contribution in [0.25, 0.3) is 10.9 Å². The highest BCUT2D eigenvalue weighted by Crippen LogP contribution is 2.35. The Kier molecular flexibility index (Phi) is 4.23. The van der Waals surface area contributed by atoms with Crippen LogP contribution >= 0.6 is 0 Å². The Morgan fingerprint density at radius 2 is 1.96 bits per heavy atom. The summed E-state index contributed by atoms with van der Waals surface area (Å²) in [6, 6.07) is 5.22. The summed E-state index contributed by atoms with van der Waals surface area (Å²) in [5.74, 6) is 0.260. The molecule has 25 heavy (non-hydrogen) atoms. The molecule has 0 N–H and O–H groups in total. The van der Waals surface area contributed by atoms with Gasteiger partial charge >= 0.3 is 0 Å². The molecule has 132 valence electrons. The highest BCUT2D eigenvalue weighted by molar-refractivity contribution is 7.91. The van der Waals surface area contributed by atoms with Crippen molar-refractivity contribution in [3.63, 3.8) is 0 Å². The maximum absolute atomic E-state index is 13.5. The number of allylic oxidation sites excluding steroid dienone is 3. The number of rotatable bonds is 4. The van der Waals surface area contributed by atoms with Gasteiger partial charge in [-0.3, -0.25) is 4.79 Å². The van der Waals surface area contributed by atoms with E-state index >= 15 is 0 Å². The van der Waals surface area contributed by atoms with E-state index in [0.29, 0.717) is 22.9 Å². The van der Waals surface area contributed by atoms with E-state index in [2.05, 4.69) is 13.8 Å². The number of hydrogen-bond acceptors (Lipinski definition) is 3. The van der Waals surface area contributed by atoms with Gasteiger partial charge in [-0.25, -0.2) is 12.4 Å². The van der Waals surface area contributed by atoms with Crippen LogP contribution in [0.5, 0.6) is 0 Å². The van der Waals surface area contributed by atoms with Crippen LogP contribution in [-0.2, 0) is 10.0 Å². The molecular weight excluding hydrogens is 334 g/mol. The lowest BCUT2D eigenvalue weighted by Gasteiger charge is -2.30. The van der Waals surface area contributed by atoms with E-state index in [9.17, 15) is 13.2 Å². The number of carbonyl (C=O) groups is 1. The third kappa shape index (κ3) is 2.67. The lowest BCUT2D eigenvalue weighted by molar-refractivity contribution is 0.112. The van der Waals surface area contributed by atoms with Crippen molar-refractivity contribution in [1.29, 1.82) is 0 Å². The summed E-state index contributed by atoms with van der Waals surface area (Å²) in [5, 5.41) is 0.668. The van der Waals surface area contributed by atoms with E-state index in [4.69, 9.17) is 0 Å². The van der Waals surface area contributed by atoms with Crippen molar-refractivity contribution in [1.82, 2.24) is 3.97 Å². The Balaban J connectivity index is 2.24. The number of aldehydes is 1. The van der Waals surface area contributed by atoms with E-state index in [0.717, 1.165) is 17.4 Å². The number of nitrogens with zero attached hydrogens (tertiary/aromatic N) is 1. The quantitative estimate of drug-likeness (QED) is 0.769. The Bertz CT molecular complexity index is 1010. The zero-order valence-electron chi connectivity index (χ0n) is 15.0. The number of benzene rings is 1. The smallest absolute Gasteiger partial charge is 0.248 e. The zero-order chi connectivity index (χ0) is 18.4. The molecule has 0 saturated heterocycles. The number of aryl methyl sites for hydroxylation is 1. The van der Waals surface area contributed by atoms with Crippen LogP contribution < -0.4 is 0 Å². The number of carbonyl (C=O) groups excluding carboxylic acids is 1. The predicted molar refractivity (Wildman–Crippen MR) is 101 cm³/mol. The molecule has 1 aliphatic rings. The van der Waals surface area contributed by atoms with Gasteiger partial charge in [-0.1, -0.05) is 44.2 Å². The molecule has 1 atom stereocenters. The maximum Gasteiger partial charge on any atom is 0.248 e. The van der Waals surface area contributed by atoms with E-state index in [1.807, 2.05) is 25.2 Å². The highest BCUT2D eigenvalue weighted by atomic mass is 32.2. The average molecular weight is 357 g/mol. The average Bonchev–Trinajstić information content (AvgIpc) is 3.02. The molecule has 1 unspecified atom stereocenters. The van der Waals surface area contributed by atoms with Gasteiger partial charge in [0.2, 0.25) is 10.0 Å². The van der Waals surface area contributed by atoms with Crippen molar-refractivity contribution >= 4 is 27.2 Å². The molecule has 0 radical (unpaired) electrons. The maximum atomic E-state index is 13.5. The molecule has 2 aromatic rings. The van der Waals surface area contributed by atoms with Crippen molar-refractivity contribution in [2.75, 3.05) is 0 Å². The minimum absolute atomic E-state index is 0.260. The van der Waals surface area contributed by atoms with Gasteiger partial charge in [-0.05, 0) is 43.4 Å². The number of hydrogen-bond donors (Lipinski definition) is 0. The van der Waals surface area contributed by atoms with Gasteiger partial charge in [0.05, 0.1) is 5.52 Å². The Hall–Kier alpha value is -2.14. The first-order valence-corrected chi connectivity index (χ1v) is 9.85. The van der Waals surface area contributed by atoms with E-state index in [-0.39, 0.29) is 5.92 Å². The summed E-state index contributed by atoms with van der Waals surface area (Å²) in [6.07, 6.45) is 8.57. The number of fused-ring (bicyclic) bond motifs is 1. The Morgan fingerprint density at radius 3 is 2.60 bits per heavy atom. The summed E-state index contributed by atoms with van der Waals surface area (Å²) >= 11 is 0. The predicted octanol–water partition coefficient (Wildman–Crippen LogP) is 4.24. The largest absolute Gasteiger partial charge is 0.298 e. The van der Waals surface area contributed by atoms with E-state index in [1.165, 1.54) is 3.97 Å². The van der Waals surface area contributed by atoms with Gasteiger partial charge in [0.25, 0.3) is 0 Å². The van der Waals surface area contributed by atoms with Crippen molar-refractivity contribution in [3.05, 3.63) is 59.3 Å². The minimum atomic E-state index is -3.69. The molecule has 1 aromatic carbocycles. The summed E-state index contributed by atoms with van der Waals surface area (Å²) in [5.41, 5.74) is 2.94. The second kappa shape index (κ2) is 5.99. The molecule has 1 heterocycles. The third-order valence-electron chi connectivity index (χ3n) is 5.00. The first kappa shape index (κ1) is 17.7. The van der Waals surface area contributed by atoms with Crippen LogP contribution in [0, 0.1) is 12.8 Å². The molecule has 0 aliphatic heterocycles. The van der Waals surface area contributed by atoms with Gasteiger partial charge in [0.1, 0.15) is 4.75 Å². The van der Waals surface area contributed by atoms with Gasteiger partial charge in [-0.2, -0.15) is 0 Å². The van der Waals surface area contributed by atoms with Crippen LogP contribution in [0.2, 0.25) is 0 Å². The molecule has 0 bridgehead atoms. The zero-order valence-corrected chi connectivity index (χ0v) is 15.8. The summed E-state index contributed by atoms with van der Waals surface area (Å²) in [7, 11) is -3.69. The fraction of sp³-hybridized carbons (Fsp3) is 0.350. The van der Waals surface area contributed by atoms with Gasteiger partial charge in [0.15, 0.2) is 6.29 Å². The molecular formula is C20H23NO3S. The summed E-state index contributed by atoms with van der Waals surface area (Å²) in [6.45, 7) is 7.74. The molecule has 0 saturated carbocycles. The topological polar surface area (TPSA) is 56.1 Å². The van der Waals surface area contributed by atoms with Crippen LogP contribution in [0.15, 0.2) is 48.2 Å². The molecule has 3 rings (SSSR count). The first-order chi connectivity index (χ1) is 11.7. The van der Waals surface area contributed by atoms with Gasteiger partial charge < -0.3 is 0 Å². The van der Waals surface area contributed by atoms with Gasteiger partial charge in [-0.15, -0.1) is 0 Å². The molecule has 5 heteroatoms. The molecule has 1 aromatic heterocycles. The number of aromatic nitrogens is 1. The standard InChI is InChI=1S/C20H23NO3S/c1-14(2)16-6-5-10-20(4,12-16)25(23,24)21-11-9-18-17(13-22)8-7-15(3)19(18)21/h5-9,11-14H,10H2,1-4H3.